The highest BCUT2D eigenvalue weighted by Crippen LogP contribution is 2.11. The maximum atomic E-state index is 13.8. The van der Waals surface area contributed by atoms with E-state index < -0.39 is 72.5 Å². The molecular formula is C29H53N15O6. The summed E-state index contributed by atoms with van der Waals surface area (Å²) >= 11 is 0. The molecule has 280 valence electrons. The molecule has 0 fully saturated rings. The van der Waals surface area contributed by atoms with E-state index in [2.05, 4.69) is 46.2 Å². The minimum absolute atomic E-state index is 0.0356. The van der Waals surface area contributed by atoms with Gasteiger partial charge in [0.1, 0.15) is 29.8 Å². The number of aromatic nitrogens is 2. The van der Waals surface area contributed by atoms with Crippen LogP contribution in [0.5, 0.6) is 0 Å². The van der Waals surface area contributed by atoms with E-state index >= 15 is 0 Å². The average Bonchev–Trinajstić information content (AvgIpc) is 3.59. The molecule has 0 aliphatic carbocycles. The highest BCUT2D eigenvalue weighted by atomic mass is 16.3. The molecule has 0 saturated heterocycles. The van der Waals surface area contributed by atoms with Crippen molar-refractivity contribution in [2.24, 2.45) is 49.4 Å². The summed E-state index contributed by atoms with van der Waals surface area (Å²) in [5.74, 6) is -3.90. The number of nitrogens with one attached hydrogen (secondary N) is 5. The molecule has 1 aliphatic rings. The third-order valence-corrected chi connectivity index (χ3v) is 7.69. The van der Waals surface area contributed by atoms with Gasteiger partial charge in [-0.3, -0.25) is 34.2 Å². The van der Waals surface area contributed by atoms with Crippen LogP contribution in [0.4, 0.5) is 0 Å². The summed E-state index contributed by atoms with van der Waals surface area (Å²) in [6.07, 6.45) is 3.87. The maximum Gasteiger partial charge on any atom is 0.247 e. The smallest absolute Gasteiger partial charge is 0.247 e. The Morgan fingerprint density at radius 1 is 0.740 bits per heavy atom. The number of aliphatic hydroxyl groups is 2. The van der Waals surface area contributed by atoms with Gasteiger partial charge < -0.3 is 70.9 Å². The Morgan fingerprint density at radius 3 is 1.88 bits per heavy atom. The molecule has 50 heavy (non-hydrogen) atoms. The Labute approximate surface area is 290 Å². The highest BCUT2D eigenvalue weighted by molar-refractivity contribution is 5.98. The Hall–Kier alpha value is -4.86. The fraction of sp³-hybridized carbons (Fsp3) is 0.655. The number of H-pyrrole nitrogens is 1. The van der Waals surface area contributed by atoms with Gasteiger partial charge in [0.15, 0.2) is 18.2 Å². The minimum Gasteiger partial charge on any atom is -0.394 e. The standard InChI is InChI=1S/C29H53N15O6/c30-9-3-1-6-17-24(46)41-18(7-2-4-10-31)26(48)44-28(50)23(33)40-21(14-45)27(49)42-19(8-5-11-37-29(34)35)25(47)43-20(22(32)39-17)12-16-13-36-15-38-16/h13,15,17-21,28,45,50H,1-12,14,30-31H2,(H2,32,39)(H2,33,40)(H,36,38)(H,41,46)(H,42,49)(H,43,47)(H,44,48)(H4,34,35,37)/t17-,18-,19-,20-,21-,28+/m0/s1. The summed E-state index contributed by atoms with van der Waals surface area (Å²) in [5, 5.41) is 30.9. The number of aliphatic hydroxyl groups excluding tert-OH is 2. The molecule has 2 rings (SSSR count). The van der Waals surface area contributed by atoms with Gasteiger partial charge in [-0.1, -0.05) is 0 Å². The number of aromatic amines is 1. The topological polar surface area (TPSA) is 379 Å². The zero-order chi connectivity index (χ0) is 37.1. The monoisotopic (exact) mass is 707 g/mol. The van der Waals surface area contributed by atoms with Gasteiger partial charge in [0.05, 0.1) is 19.0 Å². The number of carbonyl (C=O) groups is 4. The van der Waals surface area contributed by atoms with Crippen molar-refractivity contribution in [2.75, 3.05) is 26.2 Å². The van der Waals surface area contributed by atoms with E-state index in [-0.39, 0.29) is 50.4 Å². The summed E-state index contributed by atoms with van der Waals surface area (Å²) < 4.78 is 0. The van der Waals surface area contributed by atoms with Crippen LogP contribution in [0.25, 0.3) is 0 Å². The molecule has 1 aromatic heterocycles. The molecule has 0 saturated carbocycles. The van der Waals surface area contributed by atoms with Crippen LogP contribution in [-0.2, 0) is 25.6 Å². The predicted octanol–water partition coefficient (Wildman–Crippen LogP) is -5.39. The number of guanidine groups is 1. The van der Waals surface area contributed by atoms with E-state index in [4.69, 9.17) is 34.4 Å². The molecule has 21 heteroatoms. The summed E-state index contributed by atoms with van der Waals surface area (Å²) in [4.78, 5) is 73.3. The van der Waals surface area contributed by atoms with Crippen LogP contribution >= 0.6 is 0 Å². The third-order valence-electron chi connectivity index (χ3n) is 7.69. The van der Waals surface area contributed by atoms with Gasteiger partial charge in [-0.25, -0.2) is 4.98 Å². The summed E-state index contributed by atoms with van der Waals surface area (Å²) in [5.41, 5.74) is 35.1. The lowest BCUT2D eigenvalue weighted by molar-refractivity contribution is -0.131. The number of rotatable bonds is 15. The van der Waals surface area contributed by atoms with Crippen molar-refractivity contribution < 1.29 is 29.4 Å². The molecule has 1 aromatic rings. The molecule has 0 spiro atoms. The number of nitrogens with two attached hydrogens (primary N) is 6. The molecule has 1 aliphatic heterocycles. The molecule has 0 unspecified atom stereocenters. The lowest BCUT2D eigenvalue weighted by Crippen LogP contribution is -2.57. The molecule has 0 aromatic carbocycles. The second-order valence-corrected chi connectivity index (χ2v) is 11.7. The van der Waals surface area contributed by atoms with Crippen LogP contribution in [0.3, 0.4) is 0 Å². The van der Waals surface area contributed by atoms with Gasteiger partial charge in [-0.15, -0.1) is 0 Å². The Balaban J connectivity index is 2.62. The molecule has 19 N–H and O–H groups in total. The van der Waals surface area contributed by atoms with Gasteiger partial charge in [0.2, 0.25) is 23.6 Å². The molecular weight excluding hydrogens is 654 g/mol. The van der Waals surface area contributed by atoms with Crippen LogP contribution in [0, 0.1) is 0 Å². The van der Waals surface area contributed by atoms with E-state index in [1.165, 1.54) is 12.5 Å². The summed E-state index contributed by atoms with van der Waals surface area (Å²) in [6.45, 7) is -0.0139. The van der Waals surface area contributed by atoms with Crippen molar-refractivity contribution in [1.29, 1.82) is 0 Å². The van der Waals surface area contributed by atoms with Crippen LogP contribution in [-0.4, -0.2) is 124 Å². The number of hydrogen-bond donors (Lipinski definition) is 13. The SMILES string of the molecule is NCCCC[C@@H]1N=C(N)[C@H](Cc2cnc[nH]2)NC(=O)[C@H](CCCN=C(N)N)NC(=O)[C@H](CO)N=C(N)[C@@H](O)NC(=O)[C@H](CCCCN)NC1=O. The van der Waals surface area contributed by atoms with Crippen LogP contribution < -0.4 is 55.7 Å². The maximum absolute atomic E-state index is 13.8. The molecule has 2 heterocycles. The van der Waals surface area contributed by atoms with Crippen molar-refractivity contribution in [3.8, 4) is 0 Å². The quantitative estimate of drug-likeness (QED) is 0.0460. The lowest BCUT2D eigenvalue weighted by atomic mass is 10.0. The molecule has 6 atom stereocenters. The highest BCUT2D eigenvalue weighted by Gasteiger charge is 2.31. The van der Waals surface area contributed by atoms with Crippen molar-refractivity contribution >= 4 is 41.3 Å². The fourth-order valence-electron chi connectivity index (χ4n) is 4.94. The summed E-state index contributed by atoms with van der Waals surface area (Å²) in [7, 11) is 0. The van der Waals surface area contributed by atoms with E-state index in [9.17, 15) is 29.4 Å². The van der Waals surface area contributed by atoms with Gasteiger partial charge in [0, 0.05) is 24.9 Å². The van der Waals surface area contributed by atoms with Gasteiger partial charge in [-0.05, 0) is 64.5 Å². The predicted molar refractivity (Wildman–Crippen MR) is 186 cm³/mol. The third kappa shape index (κ3) is 14.3. The number of aliphatic imine (C=N–C) groups is 3. The molecule has 4 amide bonds. The first-order valence-electron chi connectivity index (χ1n) is 16.5. The fourth-order valence-corrected chi connectivity index (χ4v) is 4.94. The van der Waals surface area contributed by atoms with Gasteiger partial charge in [-0.2, -0.15) is 0 Å². The van der Waals surface area contributed by atoms with Crippen molar-refractivity contribution in [2.45, 2.75) is 94.2 Å². The largest absolute Gasteiger partial charge is 0.394 e. The van der Waals surface area contributed by atoms with Crippen LogP contribution in [0.1, 0.15) is 57.1 Å². The normalized spacial score (nSPS) is 24.4. The van der Waals surface area contributed by atoms with E-state index in [0.717, 1.165) is 0 Å². The number of hydrogen-bond acceptors (Lipinski definition) is 14. The van der Waals surface area contributed by atoms with Gasteiger partial charge in [0.25, 0.3) is 0 Å². The Bertz CT molecular complexity index is 1320. The number of carbonyl (C=O) groups excluding carboxylic acids is 4. The zero-order valence-electron chi connectivity index (χ0n) is 28.1. The van der Waals surface area contributed by atoms with E-state index in [1.807, 2.05) is 0 Å². The first kappa shape index (κ1) is 41.3. The minimum atomic E-state index is -1.90. The van der Waals surface area contributed by atoms with Crippen molar-refractivity contribution in [3.63, 3.8) is 0 Å². The molecule has 21 nitrogen and oxygen atoms in total. The van der Waals surface area contributed by atoms with E-state index in [1.54, 1.807) is 0 Å². The van der Waals surface area contributed by atoms with Crippen LogP contribution in [0.2, 0.25) is 0 Å². The lowest BCUT2D eigenvalue weighted by Gasteiger charge is -2.26. The van der Waals surface area contributed by atoms with Crippen molar-refractivity contribution in [3.05, 3.63) is 18.2 Å². The molecule has 0 bridgehead atoms. The number of amides is 4. The zero-order valence-corrected chi connectivity index (χ0v) is 28.1. The average molecular weight is 708 g/mol. The van der Waals surface area contributed by atoms with Crippen LogP contribution in [0.15, 0.2) is 27.5 Å². The Morgan fingerprint density at radius 2 is 1.30 bits per heavy atom. The molecule has 0 radical (unpaired) electrons. The second kappa shape index (κ2) is 22.0. The second-order valence-electron chi connectivity index (χ2n) is 11.7. The number of amidine groups is 2. The van der Waals surface area contributed by atoms with Crippen molar-refractivity contribution in [1.82, 2.24) is 31.2 Å². The number of unbranched alkanes of at least 4 members (excludes halogenated alkanes) is 2. The summed E-state index contributed by atoms with van der Waals surface area (Å²) in [6, 6.07) is -6.04. The number of nitrogens with zero attached hydrogens (tertiary/aromatic N) is 4. The number of imidazole rings is 1. The first-order chi connectivity index (χ1) is 23.9. The first-order valence-corrected chi connectivity index (χ1v) is 16.5. The van der Waals surface area contributed by atoms with Gasteiger partial charge >= 0.3 is 0 Å². The van der Waals surface area contributed by atoms with E-state index in [0.29, 0.717) is 44.5 Å². The Kier molecular flexibility index (Phi) is 18.2.